The molecule has 4 rings (SSSR count). The molecule has 0 saturated heterocycles. The van der Waals surface area contributed by atoms with Gasteiger partial charge in [0.2, 0.25) is 11.9 Å². The maximum atomic E-state index is 12.0. The predicted octanol–water partition coefficient (Wildman–Crippen LogP) is 2.54. The van der Waals surface area contributed by atoms with Crippen LogP contribution in [0.2, 0.25) is 0 Å². The Balaban J connectivity index is 1.78. The van der Waals surface area contributed by atoms with Gasteiger partial charge in [-0.15, -0.1) is 0 Å². The number of anilines is 2. The first kappa shape index (κ1) is 11.7. The van der Waals surface area contributed by atoms with Crippen molar-refractivity contribution in [3.8, 4) is 0 Å². The van der Waals surface area contributed by atoms with Crippen molar-refractivity contribution in [3.05, 3.63) is 58.9 Å². The minimum Gasteiger partial charge on any atom is -0.324 e. The van der Waals surface area contributed by atoms with Gasteiger partial charge in [0.1, 0.15) is 0 Å². The molecule has 0 unspecified atom stereocenters. The van der Waals surface area contributed by atoms with Crippen LogP contribution in [0.25, 0.3) is 21.9 Å². The van der Waals surface area contributed by atoms with Crippen molar-refractivity contribution in [2.75, 3.05) is 5.32 Å². The van der Waals surface area contributed by atoms with Gasteiger partial charge >= 0.3 is 0 Å². The molecule has 3 N–H and O–H groups in total. The van der Waals surface area contributed by atoms with Crippen LogP contribution in [0.1, 0.15) is 0 Å². The van der Waals surface area contributed by atoms with Crippen molar-refractivity contribution in [2.45, 2.75) is 0 Å². The van der Waals surface area contributed by atoms with E-state index in [4.69, 9.17) is 0 Å². The van der Waals surface area contributed by atoms with E-state index < -0.39 is 0 Å². The largest absolute Gasteiger partial charge is 0.324 e. The summed E-state index contributed by atoms with van der Waals surface area (Å²) in [5.74, 6) is 0.896. The Morgan fingerprint density at radius 2 is 1.48 bits per heavy atom. The number of rotatable bonds is 2. The number of H-pyrrole nitrogens is 2. The third-order valence-electron chi connectivity index (χ3n) is 3.24. The van der Waals surface area contributed by atoms with Crippen molar-refractivity contribution >= 4 is 33.8 Å². The first-order valence-electron chi connectivity index (χ1n) is 6.50. The van der Waals surface area contributed by atoms with Crippen LogP contribution >= 0.6 is 0 Å². The third-order valence-corrected chi connectivity index (χ3v) is 3.24. The highest BCUT2D eigenvalue weighted by Gasteiger charge is 2.06. The molecule has 2 aromatic carbocycles. The van der Waals surface area contributed by atoms with Crippen LogP contribution in [-0.4, -0.2) is 19.9 Å². The number of nitrogens with zero attached hydrogens (tertiary/aromatic N) is 2. The highest BCUT2D eigenvalue weighted by molar-refractivity contribution is 5.80. The molecule has 2 aromatic heterocycles. The van der Waals surface area contributed by atoms with E-state index >= 15 is 0 Å². The van der Waals surface area contributed by atoms with E-state index in [0.717, 1.165) is 11.0 Å². The van der Waals surface area contributed by atoms with Crippen LogP contribution in [0.4, 0.5) is 11.9 Å². The van der Waals surface area contributed by atoms with E-state index in [-0.39, 0.29) is 5.56 Å². The average molecular weight is 277 g/mol. The standard InChI is InChI=1S/C15H11N5O/c21-13-9-5-1-2-6-10(9)16-15(19-13)20-14-17-11-7-3-4-8-12(11)18-14/h1-8H,(H3,16,17,18,19,20,21). The monoisotopic (exact) mass is 277 g/mol. The Morgan fingerprint density at radius 3 is 2.33 bits per heavy atom. The molecule has 0 radical (unpaired) electrons. The molecule has 21 heavy (non-hydrogen) atoms. The number of imidazole rings is 1. The summed E-state index contributed by atoms with van der Waals surface area (Å²) in [6, 6.07) is 14.9. The smallest absolute Gasteiger partial charge is 0.260 e. The van der Waals surface area contributed by atoms with Crippen molar-refractivity contribution in [3.63, 3.8) is 0 Å². The fourth-order valence-corrected chi connectivity index (χ4v) is 2.27. The maximum absolute atomic E-state index is 12.0. The molecule has 6 heteroatoms. The van der Waals surface area contributed by atoms with Crippen LogP contribution in [0.15, 0.2) is 53.3 Å². The molecule has 0 saturated carbocycles. The zero-order valence-electron chi connectivity index (χ0n) is 10.9. The molecule has 0 aliphatic rings. The minimum atomic E-state index is -0.181. The fourth-order valence-electron chi connectivity index (χ4n) is 2.27. The lowest BCUT2D eigenvalue weighted by Crippen LogP contribution is -2.11. The Bertz CT molecular complexity index is 968. The molecule has 0 amide bonds. The zero-order chi connectivity index (χ0) is 14.2. The molecule has 0 spiro atoms. The van der Waals surface area contributed by atoms with Gasteiger partial charge < -0.3 is 4.98 Å². The van der Waals surface area contributed by atoms with Gasteiger partial charge in [0, 0.05) is 0 Å². The zero-order valence-corrected chi connectivity index (χ0v) is 10.9. The van der Waals surface area contributed by atoms with Gasteiger partial charge in [-0.1, -0.05) is 24.3 Å². The number of benzene rings is 2. The molecule has 0 bridgehead atoms. The molecule has 0 atom stereocenters. The van der Waals surface area contributed by atoms with Gasteiger partial charge in [0.05, 0.1) is 21.9 Å². The summed E-state index contributed by atoms with van der Waals surface area (Å²) in [6.45, 7) is 0. The Kier molecular flexibility index (Phi) is 2.47. The highest BCUT2D eigenvalue weighted by atomic mass is 16.1. The summed E-state index contributed by atoms with van der Waals surface area (Å²) in [7, 11) is 0. The normalized spacial score (nSPS) is 11.0. The Morgan fingerprint density at radius 1 is 0.810 bits per heavy atom. The first-order valence-corrected chi connectivity index (χ1v) is 6.50. The lowest BCUT2D eigenvalue weighted by molar-refractivity contribution is 1.14. The van der Waals surface area contributed by atoms with Gasteiger partial charge in [0.25, 0.3) is 5.56 Å². The van der Waals surface area contributed by atoms with Gasteiger partial charge in [-0.2, -0.15) is 0 Å². The summed E-state index contributed by atoms with van der Waals surface area (Å²) < 4.78 is 0. The summed E-state index contributed by atoms with van der Waals surface area (Å²) in [5, 5.41) is 3.56. The molecule has 0 fully saturated rings. The SMILES string of the molecule is O=c1[nH]c(Nc2nc3ccccc3[nH]2)nc2ccccc12. The number of hydrogen-bond donors (Lipinski definition) is 3. The van der Waals surface area contributed by atoms with Crippen LogP contribution in [0.5, 0.6) is 0 Å². The van der Waals surface area contributed by atoms with Gasteiger partial charge in [-0.3, -0.25) is 15.1 Å². The number of aromatic nitrogens is 4. The molecule has 4 aromatic rings. The highest BCUT2D eigenvalue weighted by Crippen LogP contribution is 2.16. The van der Waals surface area contributed by atoms with E-state index in [0.29, 0.717) is 22.8 Å². The second-order valence-electron chi connectivity index (χ2n) is 4.66. The number of fused-ring (bicyclic) bond motifs is 2. The van der Waals surface area contributed by atoms with Crippen molar-refractivity contribution in [1.29, 1.82) is 0 Å². The van der Waals surface area contributed by atoms with Crippen molar-refractivity contribution in [1.82, 2.24) is 19.9 Å². The lowest BCUT2D eigenvalue weighted by atomic mass is 10.2. The van der Waals surface area contributed by atoms with Gasteiger partial charge in [-0.05, 0) is 24.3 Å². The van der Waals surface area contributed by atoms with E-state index in [2.05, 4.69) is 25.3 Å². The van der Waals surface area contributed by atoms with Crippen LogP contribution in [0.3, 0.4) is 0 Å². The van der Waals surface area contributed by atoms with Gasteiger partial charge in [-0.25, -0.2) is 9.97 Å². The number of aromatic amines is 2. The van der Waals surface area contributed by atoms with Crippen molar-refractivity contribution < 1.29 is 0 Å². The number of hydrogen-bond acceptors (Lipinski definition) is 4. The Hall–Kier alpha value is -3.15. The van der Waals surface area contributed by atoms with E-state index in [1.54, 1.807) is 12.1 Å². The maximum Gasteiger partial charge on any atom is 0.260 e. The molecule has 102 valence electrons. The quantitative estimate of drug-likeness (QED) is 0.525. The summed E-state index contributed by atoms with van der Waals surface area (Å²) in [4.78, 5) is 26.6. The Labute approximate surface area is 118 Å². The second-order valence-corrected chi connectivity index (χ2v) is 4.66. The lowest BCUT2D eigenvalue weighted by Gasteiger charge is -2.03. The van der Waals surface area contributed by atoms with E-state index in [1.807, 2.05) is 36.4 Å². The fraction of sp³-hybridized carbons (Fsp3) is 0. The number of nitrogens with one attached hydrogen (secondary N) is 3. The predicted molar refractivity (Wildman–Crippen MR) is 81.7 cm³/mol. The van der Waals surface area contributed by atoms with Crippen LogP contribution in [0, 0.1) is 0 Å². The average Bonchev–Trinajstić information content (AvgIpc) is 2.89. The van der Waals surface area contributed by atoms with Crippen LogP contribution < -0.4 is 10.9 Å². The van der Waals surface area contributed by atoms with E-state index in [1.165, 1.54) is 0 Å². The van der Waals surface area contributed by atoms with E-state index in [9.17, 15) is 4.79 Å². The second kappa shape index (κ2) is 4.45. The molecule has 2 heterocycles. The topological polar surface area (TPSA) is 86.5 Å². The molecular weight excluding hydrogens is 266 g/mol. The molecular formula is C15H11N5O. The third kappa shape index (κ3) is 2.02. The first-order chi connectivity index (χ1) is 10.3. The van der Waals surface area contributed by atoms with Crippen LogP contribution in [-0.2, 0) is 0 Å². The van der Waals surface area contributed by atoms with Crippen molar-refractivity contribution in [2.24, 2.45) is 0 Å². The minimum absolute atomic E-state index is 0.181. The number of para-hydroxylation sites is 3. The molecule has 0 aliphatic carbocycles. The molecule has 0 aliphatic heterocycles. The summed E-state index contributed by atoms with van der Waals surface area (Å²) >= 11 is 0. The summed E-state index contributed by atoms with van der Waals surface area (Å²) in [5.41, 5.74) is 2.23. The molecule has 6 nitrogen and oxygen atoms in total. The van der Waals surface area contributed by atoms with Gasteiger partial charge in [0.15, 0.2) is 0 Å². The summed E-state index contributed by atoms with van der Waals surface area (Å²) in [6.07, 6.45) is 0.